The molecule has 2 aromatic rings. The molecular formula is C16H17N5O. The lowest BCUT2D eigenvalue weighted by Crippen LogP contribution is -2.35. The number of amides is 1. The van der Waals surface area contributed by atoms with E-state index in [9.17, 15) is 4.79 Å². The van der Waals surface area contributed by atoms with E-state index in [0.29, 0.717) is 0 Å². The minimum Gasteiger partial charge on any atom is -0.364 e. The van der Waals surface area contributed by atoms with Gasteiger partial charge in [0.25, 0.3) is 0 Å². The van der Waals surface area contributed by atoms with Crippen molar-refractivity contribution >= 4 is 11.9 Å². The highest BCUT2D eigenvalue weighted by Crippen LogP contribution is 2.36. The Kier molecular flexibility index (Phi) is 3.82. The Hall–Kier alpha value is -2.76. The summed E-state index contributed by atoms with van der Waals surface area (Å²) in [5, 5.41) is 10.2. The van der Waals surface area contributed by atoms with Gasteiger partial charge in [0.1, 0.15) is 0 Å². The normalized spacial score (nSPS) is 17.2. The molecule has 6 nitrogen and oxygen atoms in total. The predicted molar refractivity (Wildman–Crippen MR) is 84.2 cm³/mol. The maximum absolute atomic E-state index is 12.8. The first kappa shape index (κ1) is 14.2. The number of fused-ring (bicyclic) bond motifs is 2. The zero-order valence-corrected chi connectivity index (χ0v) is 12.5. The smallest absolute Gasteiger partial charge is 0.244 e. The average molecular weight is 295 g/mol. The first-order valence-corrected chi connectivity index (χ1v) is 7.06. The van der Waals surface area contributed by atoms with Gasteiger partial charge in [-0.15, -0.1) is 5.11 Å². The summed E-state index contributed by atoms with van der Waals surface area (Å²) in [6, 6.07) is 9.96. The Morgan fingerprint density at radius 2 is 2.05 bits per heavy atom. The molecule has 0 saturated carbocycles. The van der Waals surface area contributed by atoms with Crippen molar-refractivity contribution in [2.45, 2.75) is 12.3 Å². The van der Waals surface area contributed by atoms with E-state index >= 15 is 0 Å². The number of carbonyl (C=O) groups is 1. The van der Waals surface area contributed by atoms with Crippen LogP contribution < -0.4 is 5.32 Å². The highest BCUT2D eigenvalue weighted by molar-refractivity contribution is 6.02. The molecule has 0 saturated heterocycles. The average Bonchev–Trinajstić information content (AvgIpc) is 2.99. The molecule has 0 fully saturated rings. The van der Waals surface area contributed by atoms with Crippen LogP contribution in [0, 0.1) is 0 Å². The summed E-state index contributed by atoms with van der Waals surface area (Å²) in [5.74, 6) is -0.302. The summed E-state index contributed by atoms with van der Waals surface area (Å²) < 4.78 is 0. The molecule has 1 amide bonds. The van der Waals surface area contributed by atoms with E-state index in [-0.39, 0.29) is 17.8 Å². The summed E-state index contributed by atoms with van der Waals surface area (Å²) in [6.45, 7) is 0. The third kappa shape index (κ3) is 2.43. The van der Waals surface area contributed by atoms with Crippen LogP contribution >= 0.6 is 0 Å². The van der Waals surface area contributed by atoms with Gasteiger partial charge in [-0.1, -0.05) is 24.3 Å². The molecule has 1 atom stereocenters. The number of azo groups is 1. The van der Waals surface area contributed by atoms with Gasteiger partial charge in [-0.2, -0.15) is 5.11 Å². The number of carbonyl (C=O) groups excluding carboxylic acids is 1. The lowest BCUT2D eigenvalue weighted by atomic mass is 9.81. The molecule has 0 aliphatic heterocycles. The summed E-state index contributed by atoms with van der Waals surface area (Å²) in [7, 11) is 3.11. The summed E-state index contributed by atoms with van der Waals surface area (Å²) in [5.41, 5.74) is 4.26. The van der Waals surface area contributed by atoms with Crippen molar-refractivity contribution in [1.82, 2.24) is 10.3 Å². The standard InChI is InChI=1S/C16H17N5O/c1-17-16(21-18-2)20-15(22)14-11-6-4-3-5-10(11)9-13-12(14)7-8-19-13/h3-8,14,19H,9H2,1-2H3,(H,17,20,22). The maximum atomic E-state index is 12.8. The lowest BCUT2D eigenvalue weighted by Gasteiger charge is -2.25. The van der Waals surface area contributed by atoms with Gasteiger partial charge in [-0.25, -0.2) is 0 Å². The second-order valence-corrected chi connectivity index (χ2v) is 5.06. The highest BCUT2D eigenvalue weighted by atomic mass is 16.2. The van der Waals surface area contributed by atoms with Gasteiger partial charge in [0.2, 0.25) is 11.9 Å². The monoisotopic (exact) mass is 295 g/mol. The second kappa shape index (κ2) is 5.93. The van der Waals surface area contributed by atoms with Gasteiger partial charge < -0.3 is 4.98 Å². The lowest BCUT2D eigenvalue weighted by molar-refractivity contribution is -0.120. The minimum atomic E-state index is -0.366. The predicted octanol–water partition coefficient (Wildman–Crippen LogP) is 2.23. The zero-order valence-electron chi connectivity index (χ0n) is 12.5. The van der Waals surface area contributed by atoms with Crippen LogP contribution in [0.2, 0.25) is 0 Å². The molecule has 1 aromatic heterocycles. The highest BCUT2D eigenvalue weighted by Gasteiger charge is 2.32. The number of rotatable bonds is 1. The number of guanidine groups is 1. The van der Waals surface area contributed by atoms with Crippen molar-refractivity contribution in [2.24, 2.45) is 15.2 Å². The number of hydrogen-bond donors (Lipinski definition) is 2. The quantitative estimate of drug-likeness (QED) is 0.472. The SMILES string of the molecule is CN=NC(=NC)NC(=O)C1c2ccccc2Cc2[nH]ccc21. The topological polar surface area (TPSA) is 82.0 Å². The number of hydrogen-bond acceptors (Lipinski definition) is 3. The van der Waals surface area contributed by atoms with Crippen molar-refractivity contribution in [2.75, 3.05) is 14.1 Å². The number of nitrogens with zero attached hydrogens (tertiary/aromatic N) is 3. The Bertz CT molecular complexity index is 759. The van der Waals surface area contributed by atoms with E-state index in [1.165, 1.54) is 7.05 Å². The molecular weight excluding hydrogens is 278 g/mol. The van der Waals surface area contributed by atoms with Gasteiger partial charge >= 0.3 is 0 Å². The fourth-order valence-corrected chi connectivity index (χ4v) is 2.86. The van der Waals surface area contributed by atoms with E-state index in [1.807, 2.05) is 30.5 Å². The van der Waals surface area contributed by atoms with Crippen LogP contribution in [0.1, 0.15) is 28.3 Å². The Labute approximate surface area is 128 Å². The molecule has 6 heteroatoms. The van der Waals surface area contributed by atoms with Crippen LogP contribution in [0.5, 0.6) is 0 Å². The summed E-state index contributed by atoms with van der Waals surface area (Å²) >= 11 is 0. The molecule has 1 aliphatic carbocycles. The molecule has 2 N–H and O–H groups in total. The van der Waals surface area contributed by atoms with E-state index in [1.54, 1.807) is 7.05 Å². The number of nitrogens with one attached hydrogen (secondary N) is 2. The number of benzene rings is 1. The number of H-pyrrole nitrogens is 1. The van der Waals surface area contributed by atoms with E-state index < -0.39 is 0 Å². The van der Waals surface area contributed by atoms with Crippen LogP contribution in [0.4, 0.5) is 0 Å². The third-order valence-corrected chi connectivity index (χ3v) is 3.82. The van der Waals surface area contributed by atoms with Crippen molar-refractivity contribution in [1.29, 1.82) is 0 Å². The van der Waals surface area contributed by atoms with Crippen molar-refractivity contribution in [3.63, 3.8) is 0 Å². The summed E-state index contributed by atoms with van der Waals surface area (Å²) in [6.07, 6.45) is 2.68. The Morgan fingerprint density at radius 3 is 2.82 bits per heavy atom. The fraction of sp³-hybridized carbons (Fsp3) is 0.250. The van der Waals surface area contributed by atoms with Gasteiger partial charge in [0.05, 0.1) is 5.92 Å². The number of aromatic amines is 1. The van der Waals surface area contributed by atoms with Crippen LogP contribution in [0.25, 0.3) is 0 Å². The maximum Gasteiger partial charge on any atom is 0.244 e. The van der Waals surface area contributed by atoms with E-state index in [2.05, 4.69) is 31.6 Å². The number of aliphatic imine (C=N–C) groups is 1. The van der Waals surface area contributed by atoms with Gasteiger partial charge in [0, 0.05) is 32.4 Å². The van der Waals surface area contributed by atoms with Crippen LogP contribution in [-0.4, -0.2) is 30.9 Å². The van der Waals surface area contributed by atoms with Gasteiger partial charge in [-0.3, -0.25) is 15.1 Å². The molecule has 0 spiro atoms. The largest absolute Gasteiger partial charge is 0.364 e. The number of aromatic nitrogens is 1. The van der Waals surface area contributed by atoms with Crippen molar-refractivity contribution < 1.29 is 4.79 Å². The fourth-order valence-electron chi connectivity index (χ4n) is 2.86. The van der Waals surface area contributed by atoms with Crippen LogP contribution in [0.3, 0.4) is 0 Å². The molecule has 22 heavy (non-hydrogen) atoms. The van der Waals surface area contributed by atoms with Gasteiger partial charge in [-0.05, 0) is 22.8 Å². The van der Waals surface area contributed by atoms with E-state index in [4.69, 9.17) is 0 Å². The molecule has 0 radical (unpaired) electrons. The zero-order chi connectivity index (χ0) is 15.5. The molecule has 0 bridgehead atoms. The summed E-state index contributed by atoms with van der Waals surface area (Å²) in [4.78, 5) is 19.9. The molecule has 1 aliphatic rings. The Morgan fingerprint density at radius 1 is 1.23 bits per heavy atom. The first-order valence-electron chi connectivity index (χ1n) is 7.06. The van der Waals surface area contributed by atoms with Crippen molar-refractivity contribution in [3.8, 4) is 0 Å². The minimum absolute atomic E-state index is 0.152. The molecule has 1 heterocycles. The molecule has 1 aromatic carbocycles. The molecule has 3 rings (SSSR count). The second-order valence-electron chi connectivity index (χ2n) is 5.06. The van der Waals surface area contributed by atoms with E-state index in [0.717, 1.165) is 28.8 Å². The molecule has 1 unspecified atom stereocenters. The molecule has 112 valence electrons. The van der Waals surface area contributed by atoms with Crippen LogP contribution in [0.15, 0.2) is 51.7 Å². The van der Waals surface area contributed by atoms with Crippen molar-refractivity contribution in [3.05, 3.63) is 58.9 Å². The third-order valence-electron chi connectivity index (χ3n) is 3.82. The first-order chi connectivity index (χ1) is 10.7. The Balaban J connectivity index is 1.99. The van der Waals surface area contributed by atoms with Gasteiger partial charge in [0.15, 0.2) is 0 Å². The van der Waals surface area contributed by atoms with Crippen LogP contribution in [-0.2, 0) is 11.2 Å².